The fourth-order valence-electron chi connectivity index (χ4n) is 3.02. The number of nitrogens with one attached hydrogen (secondary N) is 3. The Labute approximate surface area is 188 Å². The summed E-state index contributed by atoms with van der Waals surface area (Å²) in [6.45, 7) is 10.9. The number of carboxylic acid groups (broad SMARTS) is 2. The van der Waals surface area contributed by atoms with Gasteiger partial charge in [0.1, 0.15) is 18.1 Å². The van der Waals surface area contributed by atoms with Gasteiger partial charge in [0.15, 0.2) is 0 Å². The second-order valence-corrected chi connectivity index (χ2v) is 9.15. The summed E-state index contributed by atoms with van der Waals surface area (Å²) in [6, 6.07) is -4.49. The molecule has 0 aliphatic heterocycles. The molecule has 0 aromatic heterocycles. The van der Waals surface area contributed by atoms with Gasteiger partial charge in [-0.1, -0.05) is 41.5 Å². The third-order valence-electron chi connectivity index (χ3n) is 4.64. The lowest BCUT2D eigenvalue weighted by atomic mass is 9.98. The fraction of sp³-hybridized carbons (Fsp3) is 0.762. The van der Waals surface area contributed by atoms with Gasteiger partial charge in [0.05, 0.1) is 12.5 Å². The van der Waals surface area contributed by atoms with Crippen LogP contribution >= 0.6 is 0 Å². The van der Waals surface area contributed by atoms with Crippen molar-refractivity contribution in [3.05, 3.63) is 0 Å². The minimum atomic E-state index is -1.64. The number of rotatable bonds is 14. The van der Waals surface area contributed by atoms with Gasteiger partial charge in [0.2, 0.25) is 17.7 Å². The molecule has 4 unspecified atom stereocenters. The molecular weight excluding hydrogens is 420 g/mol. The molecule has 0 rings (SSSR count). The first-order chi connectivity index (χ1) is 14.6. The molecule has 0 aliphatic rings. The maximum absolute atomic E-state index is 12.9. The molecule has 0 aliphatic carbocycles. The molecule has 3 amide bonds. The number of nitrogens with two attached hydrogens (primary N) is 1. The van der Waals surface area contributed by atoms with Crippen LogP contribution in [-0.2, 0) is 24.0 Å². The minimum absolute atomic E-state index is 0.0469. The first-order valence-electron chi connectivity index (χ1n) is 10.8. The van der Waals surface area contributed by atoms with Crippen molar-refractivity contribution in [2.24, 2.45) is 23.5 Å². The molecule has 7 N–H and O–H groups in total. The number of carbonyl (C=O) groups is 5. The van der Waals surface area contributed by atoms with Gasteiger partial charge < -0.3 is 31.9 Å². The van der Waals surface area contributed by atoms with E-state index in [4.69, 9.17) is 15.9 Å². The van der Waals surface area contributed by atoms with Crippen LogP contribution in [0.1, 0.15) is 60.8 Å². The van der Waals surface area contributed by atoms with Crippen molar-refractivity contribution in [3.8, 4) is 0 Å². The maximum Gasteiger partial charge on any atom is 0.326 e. The molecule has 0 saturated carbocycles. The average molecular weight is 459 g/mol. The molecular formula is C21H38N4O7. The molecule has 32 heavy (non-hydrogen) atoms. The predicted octanol–water partition coefficient (Wildman–Crippen LogP) is 0.0756. The Hall–Kier alpha value is -2.69. The van der Waals surface area contributed by atoms with E-state index in [9.17, 15) is 24.0 Å². The molecule has 0 radical (unpaired) electrons. The topological polar surface area (TPSA) is 188 Å². The number of carbonyl (C=O) groups excluding carboxylic acids is 3. The molecule has 0 bridgehead atoms. The highest BCUT2D eigenvalue weighted by Gasteiger charge is 2.32. The highest BCUT2D eigenvalue weighted by atomic mass is 16.4. The third kappa shape index (κ3) is 11.1. The summed E-state index contributed by atoms with van der Waals surface area (Å²) in [5.41, 5.74) is 5.91. The second kappa shape index (κ2) is 13.7. The van der Waals surface area contributed by atoms with Crippen molar-refractivity contribution in [1.29, 1.82) is 0 Å². The van der Waals surface area contributed by atoms with Crippen LogP contribution in [0.5, 0.6) is 0 Å². The van der Waals surface area contributed by atoms with Crippen LogP contribution in [-0.4, -0.2) is 64.0 Å². The van der Waals surface area contributed by atoms with Crippen molar-refractivity contribution in [3.63, 3.8) is 0 Å². The zero-order chi connectivity index (χ0) is 25.2. The molecule has 4 atom stereocenters. The standard InChI is InChI=1S/C21H38N4O7/c1-10(2)7-13(22)18(28)23-14(8-11(3)4)19(29)25-17(12(5)6)20(30)24-15(21(31)32)9-16(26)27/h10-15,17H,7-9,22H2,1-6H3,(H,23,28)(H,24,30)(H,25,29)(H,26,27)(H,31,32). The number of aliphatic carboxylic acids is 2. The summed E-state index contributed by atoms with van der Waals surface area (Å²) >= 11 is 0. The zero-order valence-corrected chi connectivity index (χ0v) is 19.7. The van der Waals surface area contributed by atoms with E-state index in [-0.39, 0.29) is 11.8 Å². The van der Waals surface area contributed by atoms with Crippen molar-refractivity contribution >= 4 is 29.7 Å². The molecule has 0 fully saturated rings. The number of carboxylic acids is 2. The van der Waals surface area contributed by atoms with Gasteiger partial charge in [0, 0.05) is 0 Å². The molecule has 0 saturated heterocycles. The molecule has 11 heteroatoms. The first kappa shape index (κ1) is 29.3. The van der Waals surface area contributed by atoms with E-state index in [1.807, 2.05) is 27.7 Å². The number of hydrogen-bond acceptors (Lipinski definition) is 6. The Morgan fingerprint density at radius 2 is 1.22 bits per heavy atom. The Bertz CT molecular complexity index is 679. The number of amides is 3. The maximum atomic E-state index is 12.9. The SMILES string of the molecule is CC(C)CC(N)C(=O)NC(CC(C)C)C(=O)NC(C(=O)NC(CC(=O)O)C(=O)O)C(C)C. The van der Waals surface area contributed by atoms with Crippen molar-refractivity contribution in [1.82, 2.24) is 16.0 Å². The van der Waals surface area contributed by atoms with E-state index in [0.29, 0.717) is 12.8 Å². The summed E-state index contributed by atoms with van der Waals surface area (Å²) in [5, 5.41) is 25.3. The van der Waals surface area contributed by atoms with Gasteiger partial charge in [-0.3, -0.25) is 19.2 Å². The van der Waals surface area contributed by atoms with E-state index in [1.54, 1.807) is 13.8 Å². The van der Waals surface area contributed by atoms with Gasteiger partial charge in [-0.05, 0) is 30.6 Å². The molecule has 0 heterocycles. The largest absolute Gasteiger partial charge is 0.481 e. The van der Waals surface area contributed by atoms with Crippen LogP contribution in [0, 0.1) is 17.8 Å². The lowest BCUT2D eigenvalue weighted by molar-refractivity contribution is -0.147. The Morgan fingerprint density at radius 1 is 0.719 bits per heavy atom. The van der Waals surface area contributed by atoms with Crippen LogP contribution in [0.25, 0.3) is 0 Å². The molecule has 0 aromatic rings. The van der Waals surface area contributed by atoms with E-state index >= 15 is 0 Å². The first-order valence-corrected chi connectivity index (χ1v) is 10.8. The molecule has 0 spiro atoms. The average Bonchev–Trinajstić information content (AvgIpc) is 2.62. The molecule has 184 valence electrons. The van der Waals surface area contributed by atoms with Gasteiger partial charge in [-0.25, -0.2) is 4.79 Å². The lowest BCUT2D eigenvalue weighted by Crippen LogP contribution is -2.58. The van der Waals surface area contributed by atoms with Crippen LogP contribution in [0.4, 0.5) is 0 Å². The summed E-state index contributed by atoms with van der Waals surface area (Å²) in [5.74, 6) is -5.00. The highest BCUT2D eigenvalue weighted by molar-refractivity contribution is 5.94. The summed E-state index contributed by atoms with van der Waals surface area (Å²) < 4.78 is 0. The lowest BCUT2D eigenvalue weighted by Gasteiger charge is -2.27. The molecule has 11 nitrogen and oxygen atoms in total. The van der Waals surface area contributed by atoms with Crippen LogP contribution in [0.2, 0.25) is 0 Å². The third-order valence-corrected chi connectivity index (χ3v) is 4.64. The van der Waals surface area contributed by atoms with Crippen LogP contribution in [0.15, 0.2) is 0 Å². The van der Waals surface area contributed by atoms with Crippen molar-refractivity contribution in [2.75, 3.05) is 0 Å². The zero-order valence-electron chi connectivity index (χ0n) is 19.7. The van der Waals surface area contributed by atoms with E-state index in [0.717, 1.165) is 0 Å². The van der Waals surface area contributed by atoms with Crippen LogP contribution < -0.4 is 21.7 Å². The van der Waals surface area contributed by atoms with Gasteiger partial charge in [-0.2, -0.15) is 0 Å². The Kier molecular flexibility index (Phi) is 12.5. The van der Waals surface area contributed by atoms with Gasteiger partial charge in [-0.15, -0.1) is 0 Å². The van der Waals surface area contributed by atoms with Crippen molar-refractivity contribution < 1.29 is 34.2 Å². The number of hydrogen-bond donors (Lipinski definition) is 6. The smallest absolute Gasteiger partial charge is 0.326 e. The summed E-state index contributed by atoms with van der Waals surface area (Å²) in [7, 11) is 0. The monoisotopic (exact) mass is 458 g/mol. The van der Waals surface area contributed by atoms with E-state index in [1.165, 1.54) is 0 Å². The fourth-order valence-corrected chi connectivity index (χ4v) is 3.02. The summed E-state index contributed by atoms with van der Waals surface area (Å²) in [6.07, 6.45) is -0.0617. The van der Waals surface area contributed by atoms with Crippen LogP contribution in [0.3, 0.4) is 0 Å². The predicted molar refractivity (Wildman–Crippen MR) is 117 cm³/mol. The van der Waals surface area contributed by atoms with E-state index < -0.39 is 66.2 Å². The summed E-state index contributed by atoms with van der Waals surface area (Å²) in [4.78, 5) is 60.1. The van der Waals surface area contributed by atoms with Gasteiger partial charge >= 0.3 is 11.9 Å². The Balaban J connectivity index is 5.43. The normalized spacial score (nSPS) is 15.1. The second-order valence-electron chi connectivity index (χ2n) is 9.15. The van der Waals surface area contributed by atoms with E-state index in [2.05, 4.69) is 16.0 Å². The minimum Gasteiger partial charge on any atom is -0.481 e. The Morgan fingerprint density at radius 3 is 1.62 bits per heavy atom. The highest BCUT2D eigenvalue weighted by Crippen LogP contribution is 2.10. The van der Waals surface area contributed by atoms with Crippen molar-refractivity contribution in [2.45, 2.75) is 85.0 Å². The quantitative estimate of drug-likeness (QED) is 0.211. The van der Waals surface area contributed by atoms with Gasteiger partial charge in [0.25, 0.3) is 0 Å². The molecule has 0 aromatic carbocycles.